The van der Waals surface area contributed by atoms with Gasteiger partial charge in [0.15, 0.2) is 0 Å². The lowest BCUT2D eigenvalue weighted by Crippen LogP contribution is -2.45. The van der Waals surface area contributed by atoms with Gasteiger partial charge >= 0.3 is 0 Å². The van der Waals surface area contributed by atoms with Gasteiger partial charge in [0.2, 0.25) is 0 Å². The first-order valence-electron chi connectivity index (χ1n) is 6.62. The Labute approximate surface area is 131 Å². The van der Waals surface area contributed by atoms with Crippen LogP contribution in [0.3, 0.4) is 0 Å². The van der Waals surface area contributed by atoms with Crippen molar-refractivity contribution in [3.8, 4) is 0 Å². The normalized spacial score (nSPS) is 16.9. The smallest absolute Gasteiger partial charge is 0.128 e. The third-order valence-corrected chi connectivity index (χ3v) is 3.47. The van der Waals surface area contributed by atoms with Crippen LogP contribution in [0, 0.1) is 11.6 Å². The van der Waals surface area contributed by atoms with Crippen LogP contribution in [0.25, 0.3) is 0 Å². The summed E-state index contributed by atoms with van der Waals surface area (Å²) < 4.78 is 27.2. The maximum absolute atomic E-state index is 13.9. The Bertz CT molecular complexity index is 399. The maximum atomic E-state index is 13.9. The molecule has 1 fully saturated rings. The lowest BCUT2D eigenvalue weighted by molar-refractivity contribution is 0.161. The number of nitrogens with one attached hydrogen (secondary N) is 1. The fourth-order valence-corrected chi connectivity index (χ4v) is 2.57. The zero-order valence-electron chi connectivity index (χ0n) is 11.6. The highest BCUT2D eigenvalue weighted by Crippen LogP contribution is 2.28. The topological polar surface area (TPSA) is 15.3 Å². The van der Waals surface area contributed by atoms with E-state index in [-0.39, 0.29) is 42.5 Å². The van der Waals surface area contributed by atoms with Crippen molar-refractivity contribution in [3.63, 3.8) is 0 Å². The van der Waals surface area contributed by atoms with Gasteiger partial charge in [-0.3, -0.25) is 4.90 Å². The Morgan fingerprint density at radius 2 is 1.85 bits per heavy atom. The molecule has 1 aliphatic heterocycles. The zero-order valence-corrected chi connectivity index (χ0v) is 13.2. The summed E-state index contributed by atoms with van der Waals surface area (Å²) in [4.78, 5) is 2.25. The molecular weight excluding hydrogens is 305 g/mol. The van der Waals surface area contributed by atoms with Crippen LogP contribution >= 0.6 is 24.8 Å². The van der Waals surface area contributed by atoms with Gasteiger partial charge in [0.25, 0.3) is 0 Å². The van der Waals surface area contributed by atoms with E-state index in [1.807, 2.05) is 0 Å². The van der Waals surface area contributed by atoms with Crippen LogP contribution in [0.5, 0.6) is 0 Å². The van der Waals surface area contributed by atoms with E-state index in [1.165, 1.54) is 18.2 Å². The lowest BCUT2D eigenvalue weighted by atomic mass is 9.99. The van der Waals surface area contributed by atoms with Crippen molar-refractivity contribution in [2.45, 2.75) is 25.8 Å². The second-order valence-corrected chi connectivity index (χ2v) is 4.76. The SMILES string of the molecule is CCC[C@@H](c1cc(F)ccc1F)N1CCNCC1.Cl.Cl. The third kappa shape index (κ3) is 4.85. The molecule has 1 aromatic carbocycles. The standard InChI is InChI=1S/C14H20F2N2.2ClH/c1-2-3-14(18-8-6-17-7-9-18)12-10-11(15)4-5-13(12)16;;/h4-5,10,14,17H,2-3,6-9H2,1H3;2*1H/t14-;;/m0../s1. The number of benzene rings is 1. The molecule has 0 radical (unpaired) electrons. The summed E-state index contributed by atoms with van der Waals surface area (Å²) in [6.45, 7) is 5.68. The molecule has 1 N–H and O–H groups in total. The summed E-state index contributed by atoms with van der Waals surface area (Å²) in [5.41, 5.74) is 0.499. The Morgan fingerprint density at radius 1 is 1.20 bits per heavy atom. The number of rotatable bonds is 4. The van der Waals surface area contributed by atoms with E-state index in [0.29, 0.717) is 5.56 Å². The molecule has 0 bridgehead atoms. The molecule has 1 heterocycles. The number of piperazine rings is 1. The maximum Gasteiger partial charge on any atom is 0.128 e. The van der Waals surface area contributed by atoms with Crippen molar-refractivity contribution < 1.29 is 8.78 Å². The first-order valence-corrected chi connectivity index (χ1v) is 6.62. The molecule has 0 spiro atoms. The minimum atomic E-state index is -0.359. The molecule has 116 valence electrons. The van der Waals surface area contributed by atoms with Gasteiger partial charge in [-0.25, -0.2) is 8.78 Å². The molecule has 0 aromatic heterocycles. The summed E-state index contributed by atoms with van der Waals surface area (Å²) >= 11 is 0. The Morgan fingerprint density at radius 3 is 2.45 bits per heavy atom. The molecule has 0 unspecified atom stereocenters. The highest BCUT2D eigenvalue weighted by molar-refractivity contribution is 5.85. The predicted octanol–water partition coefficient (Wildman–Crippen LogP) is 3.55. The summed E-state index contributed by atoms with van der Waals surface area (Å²) in [5.74, 6) is -0.656. The average Bonchev–Trinajstić information content (AvgIpc) is 2.40. The van der Waals surface area contributed by atoms with Crippen molar-refractivity contribution in [2.75, 3.05) is 26.2 Å². The molecule has 1 aliphatic rings. The molecule has 1 atom stereocenters. The van der Waals surface area contributed by atoms with Crippen molar-refractivity contribution in [3.05, 3.63) is 35.4 Å². The van der Waals surface area contributed by atoms with Crippen LogP contribution in [-0.2, 0) is 0 Å². The van der Waals surface area contributed by atoms with Crippen molar-refractivity contribution >= 4 is 24.8 Å². The summed E-state index contributed by atoms with van der Waals surface area (Å²) in [6, 6.07) is 3.75. The summed E-state index contributed by atoms with van der Waals surface area (Å²) in [6.07, 6.45) is 1.82. The predicted molar refractivity (Wildman–Crippen MR) is 82.9 cm³/mol. The quantitative estimate of drug-likeness (QED) is 0.910. The first kappa shape index (κ1) is 19.6. The minimum absolute atomic E-state index is 0. The molecule has 2 rings (SSSR count). The van der Waals surface area contributed by atoms with Crippen molar-refractivity contribution in [1.82, 2.24) is 10.2 Å². The monoisotopic (exact) mass is 326 g/mol. The second kappa shape index (κ2) is 9.50. The number of halogens is 4. The fraction of sp³-hybridized carbons (Fsp3) is 0.571. The Kier molecular flexibility index (Phi) is 9.30. The van der Waals surface area contributed by atoms with Crippen LogP contribution < -0.4 is 5.32 Å². The van der Waals surface area contributed by atoms with Gasteiger partial charge in [-0.2, -0.15) is 0 Å². The molecule has 20 heavy (non-hydrogen) atoms. The molecule has 0 amide bonds. The Balaban J connectivity index is 0.00000180. The summed E-state index contributed by atoms with van der Waals surface area (Å²) in [5, 5.41) is 3.28. The average molecular weight is 327 g/mol. The van der Waals surface area contributed by atoms with E-state index >= 15 is 0 Å². The van der Waals surface area contributed by atoms with Crippen LogP contribution in [0.2, 0.25) is 0 Å². The van der Waals surface area contributed by atoms with Gasteiger partial charge in [0.05, 0.1) is 0 Å². The molecule has 0 aliphatic carbocycles. The van der Waals surface area contributed by atoms with Gasteiger partial charge < -0.3 is 5.32 Å². The van der Waals surface area contributed by atoms with E-state index in [9.17, 15) is 8.78 Å². The number of hydrogen-bond donors (Lipinski definition) is 1. The zero-order chi connectivity index (χ0) is 13.0. The van der Waals surface area contributed by atoms with Crippen LogP contribution in [0.1, 0.15) is 31.4 Å². The molecule has 2 nitrogen and oxygen atoms in total. The molecular formula is C14H22Cl2F2N2. The van der Waals surface area contributed by atoms with Gasteiger partial charge in [-0.15, -0.1) is 24.8 Å². The van der Waals surface area contributed by atoms with Crippen LogP contribution in [-0.4, -0.2) is 31.1 Å². The van der Waals surface area contributed by atoms with Crippen LogP contribution in [0.4, 0.5) is 8.78 Å². The fourth-order valence-electron chi connectivity index (χ4n) is 2.57. The molecule has 1 aromatic rings. The first-order chi connectivity index (χ1) is 8.72. The minimum Gasteiger partial charge on any atom is -0.314 e. The van der Waals surface area contributed by atoms with E-state index in [1.54, 1.807) is 0 Å². The second-order valence-electron chi connectivity index (χ2n) is 4.76. The highest BCUT2D eigenvalue weighted by atomic mass is 35.5. The van der Waals surface area contributed by atoms with Crippen molar-refractivity contribution in [1.29, 1.82) is 0 Å². The van der Waals surface area contributed by atoms with Crippen LogP contribution in [0.15, 0.2) is 18.2 Å². The molecule has 0 saturated carbocycles. The largest absolute Gasteiger partial charge is 0.314 e. The lowest BCUT2D eigenvalue weighted by Gasteiger charge is -2.35. The van der Waals surface area contributed by atoms with Gasteiger partial charge in [-0.1, -0.05) is 13.3 Å². The van der Waals surface area contributed by atoms with E-state index in [0.717, 1.165) is 39.0 Å². The van der Waals surface area contributed by atoms with E-state index < -0.39 is 0 Å². The summed E-state index contributed by atoms with van der Waals surface area (Å²) in [7, 11) is 0. The van der Waals surface area contributed by atoms with Gasteiger partial charge in [0.1, 0.15) is 11.6 Å². The van der Waals surface area contributed by atoms with Gasteiger partial charge in [0, 0.05) is 37.8 Å². The van der Waals surface area contributed by atoms with Crippen molar-refractivity contribution in [2.24, 2.45) is 0 Å². The highest BCUT2D eigenvalue weighted by Gasteiger charge is 2.24. The van der Waals surface area contributed by atoms with Gasteiger partial charge in [-0.05, 0) is 24.6 Å². The molecule has 6 heteroatoms. The number of nitrogens with zero attached hydrogens (tertiary/aromatic N) is 1. The van der Waals surface area contributed by atoms with E-state index in [4.69, 9.17) is 0 Å². The van der Waals surface area contributed by atoms with E-state index in [2.05, 4.69) is 17.1 Å². The number of hydrogen-bond acceptors (Lipinski definition) is 2. The Hall–Kier alpha value is -0.420. The molecule has 1 saturated heterocycles. The third-order valence-electron chi connectivity index (χ3n) is 3.47.